The standard InChI is InChI=1S/C18H22F5N3O/c1-5-14-11(4)16(26(6-2)25-14)13-9-24-12(7-10(3)18(21,22)23)8-15(13)27-17(19)20/h8-10,17H,5-7H2,1-4H3/t10-/m1/s1. The number of nitrogens with zero attached hydrogens (tertiary/aromatic N) is 3. The van der Waals surface area contributed by atoms with Gasteiger partial charge in [-0.05, 0) is 25.8 Å². The zero-order chi connectivity index (χ0) is 20.4. The molecule has 0 fully saturated rings. The first-order valence-electron chi connectivity index (χ1n) is 8.65. The van der Waals surface area contributed by atoms with E-state index in [1.54, 1.807) is 4.68 Å². The fraction of sp³-hybridized carbons (Fsp3) is 0.556. The molecule has 1 atom stereocenters. The number of rotatable bonds is 7. The third-order valence-corrected chi connectivity index (χ3v) is 4.39. The molecule has 0 unspecified atom stereocenters. The SMILES string of the molecule is CCc1nn(CC)c(-c2cnc(C[C@@H](C)C(F)(F)F)cc2OC(F)F)c1C. The van der Waals surface area contributed by atoms with E-state index >= 15 is 0 Å². The molecule has 2 heterocycles. The van der Waals surface area contributed by atoms with Crippen molar-refractivity contribution >= 4 is 0 Å². The molecule has 0 radical (unpaired) electrons. The molecule has 0 aliphatic rings. The Hall–Kier alpha value is -2.19. The Morgan fingerprint density at radius 3 is 2.41 bits per heavy atom. The number of ether oxygens (including phenoxy) is 1. The summed E-state index contributed by atoms with van der Waals surface area (Å²) in [7, 11) is 0. The smallest absolute Gasteiger partial charge is 0.391 e. The topological polar surface area (TPSA) is 39.9 Å². The summed E-state index contributed by atoms with van der Waals surface area (Å²) in [6, 6.07) is 1.15. The van der Waals surface area contributed by atoms with Crippen molar-refractivity contribution in [2.24, 2.45) is 5.92 Å². The first-order valence-corrected chi connectivity index (χ1v) is 8.65. The van der Waals surface area contributed by atoms with Gasteiger partial charge >= 0.3 is 12.8 Å². The van der Waals surface area contributed by atoms with Gasteiger partial charge in [0.15, 0.2) is 0 Å². The Balaban J connectivity index is 2.53. The van der Waals surface area contributed by atoms with Crippen molar-refractivity contribution in [3.05, 3.63) is 29.2 Å². The van der Waals surface area contributed by atoms with E-state index in [-0.39, 0.29) is 17.0 Å². The second-order valence-electron chi connectivity index (χ2n) is 6.29. The monoisotopic (exact) mass is 391 g/mol. The predicted molar refractivity (Wildman–Crippen MR) is 90.8 cm³/mol. The van der Waals surface area contributed by atoms with Crippen LogP contribution in [-0.2, 0) is 19.4 Å². The van der Waals surface area contributed by atoms with Crippen LogP contribution in [0.4, 0.5) is 22.0 Å². The van der Waals surface area contributed by atoms with Crippen molar-refractivity contribution in [1.29, 1.82) is 0 Å². The van der Waals surface area contributed by atoms with Crippen LogP contribution in [0.5, 0.6) is 5.75 Å². The van der Waals surface area contributed by atoms with Crippen molar-refractivity contribution < 1.29 is 26.7 Å². The molecule has 0 saturated heterocycles. The summed E-state index contributed by atoms with van der Waals surface area (Å²) in [6.07, 6.45) is -2.87. The van der Waals surface area contributed by atoms with Crippen molar-refractivity contribution in [2.75, 3.05) is 0 Å². The molecule has 0 N–H and O–H groups in total. The second kappa shape index (κ2) is 8.22. The van der Waals surface area contributed by atoms with Crippen molar-refractivity contribution in [2.45, 2.75) is 59.9 Å². The van der Waals surface area contributed by atoms with Gasteiger partial charge in [-0.2, -0.15) is 27.1 Å². The highest BCUT2D eigenvalue weighted by Gasteiger charge is 2.36. The Bertz CT molecular complexity index is 786. The molecule has 0 aromatic carbocycles. The third kappa shape index (κ3) is 4.75. The zero-order valence-electron chi connectivity index (χ0n) is 15.6. The Morgan fingerprint density at radius 2 is 1.89 bits per heavy atom. The first kappa shape index (κ1) is 21.1. The summed E-state index contributed by atoms with van der Waals surface area (Å²) >= 11 is 0. The van der Waals surface area contributed by atoms with E-state index in [4.69, 9.17) is 0 Å². The molecule has 2 aromatic heterocycles. The highest BCUT2D eigenvalue weighted by Crippen LogP contribution is 2.36. The maximum atomic E-state index is 12.9. The lowest BCUT2D eigenvalue weighted by Gasteiger charge is -2.17. The van der Waals surface area contributed by atoms with Crippen LogP contribution in [0.2, 0.25) is 0 Å². The molecule has 0 aliphatic carbocycles. The molecular weight excluding hydrogens is 369 g/mol. The van der Waals surface area contributed by atoms with Crippen LogP contribution in [0.15, 0.2) is 12.3 Å². The highest BCUT2D eigenvalue weighted by atomic mass is 19.4. The average Bonchev–Trinajstić information content (AvgIpc) is 2.89. The van der Waals surface area contributed by atoms with Gasteiger partial charge in [-0.15, -0.1) is 0 Å². The second-order valence-corrected chi connectivity index (χ2v) is 6.29. The summed E-state index contributed by atoms with van der Waals surface area (Å²) in [6.45, 7) is 4.01. The highest BCUT2D eigenvalue weighted by molar-refractivity contribution is 5.70. The van der Waals surface area contributed by atoms with Crippen LogP contribution in [0.1, 0.15) is 37.7 Å². The molecule has 2 aromatic rings. The lowest BCUT2D eigenvalue weighted by Crippen LogP contribution is -2.22. The normalized spacial score (nSPS) is 13.3. The number of hydrogen-bond acceptors (Lipinski definition) is 3. The van der Waals surface area contributed by atoms with Crippen LogP contribution < -0.4 is 4.74 Å². The molecule has 0 amide bonds. The fourth-order valence-corrected chi connectivity index (χ4v) is 2.90. The number of pyridine rings is 1. The van der Waals surface area contributed by atoms with Crippen molar-refractivity contribution in [3.8, 4) is 17.0 Å². The van der Waals surface area contributed by atoms with Crippen LogP contribution in [0, 0.1) is 12.8 Å². The van der Waals surface area contributed by atoms with Crippen molar-refractivity contribution in [1.82, 2.24) is 14.8 Å². The zero-order valence-corrected chi connectivity index (χ0v) is 15.6. The lowest BCUT2D eigenvalue weighted by molar-refractivity contribution is -0.169. The Labute approximate surface area is 154 Å². The van der Waals surface area contributed by atoms with E-state index in [2.05, 4.69) is 14.8 Å². The molecule has 0 spiro atoms. The summed E-state index contributed by atoms with van der Waals surface area (Å²) in [5.74, 6) is -1.85. The Morgan fingerprint density at radius 1 is 1.22 bits per heavy atom. The van der Waals surface area contributed by atoms with Crippen LogP contribution in [-0.4, -0.2) is 27.6 Å². The minimum absolute atomic E-state index is 0.0372. The number of alkyl halides is 5. The quantitative estimate of drug-likeness (QED) is 0.611. The van der Waals surface area contributed by atoms with Crippen LogP contribution in [0.3, 0.4) is 0 Å². The molecule has 9 heteroatoms. The number of aromatic nitrogens is 3. The number of aryl methyl sites for hydroxylation is 2. The predicted octanol–water partition coefficient (Wildman–Crippen LogP) is 5.18. The largest absolute Gasteiger partial charge is 0.434 e. The molecule has 2 rings (SSSR count). The summed E-state index contributed by atoms with van der Waals surface area (Å²) < 4.78 is 70.5. The van der Waals surface area contributed by atoms with E-state index in [9.17, 15) is 22.0 Å². The molecule has 27 heavy (non-hydrogen) atoms. The minimum Gasteiger partial charge on any atom is -0.434 e. The maximum absolute atomic E-state index is 12.9. The van der Waals surface area contributed by atoms with Gasteiger partial charge in [-0.1, -0.05) is 13.8 Å². The van der Waals surface area contributed by atoms with Crippen LogP contribution >= 0.6 is 0 Å². The van der Waals surface area contributed by atoms with E-state index in [0.29, 0.717) is 18.7 Å². The molecular formula is C18H22F5N3O. The summed E-state index contributed by atoms with van der Waals surface area (Å²) in [5.41, 5.74) is 2.51. The maximum Gasteiger partial charge on any atom is 0.391 e. The molecule has 0 bridgehead atoms. The van der Waals surface area contributed by atoms with Gasteiger partial charge in [0.25, 0.3) is 0 Å². The number of hydrogen-bond donors (Lipinski definition) is 0. The van der Waals surface area contributed by atoms with Gasteiger partial charge in [-0.25, -0.2) is 0 Å². The lowest BCUT2D eigenvalue weighted by atomic mass is 10.0. The summed E-state index contributed by atoms with van der Waals surface area (Å²) in [5, 5.41) is 4.44. The number of halogens is 5. The van der Waals surface area contributed by atoms with Crippen molar-refractivity contribution in [3.63, 3.8) is 0 Å². The van der Waals surface area contributed by atoms with E-state index < -0.39 is 25.1 Å². The van der Waals surface area contributed by atoms with Gasteiger partial charge in [0.2, 0.25) is 0 Å². The molecule has 0 saturated carbocycles. The third-order valence-electron chi connectivity index (χ3n) is 4.39. The van der Waals surface area contributed by atoms with E-state index in [1.165, 1.54) is 6.20 Å². The van der Waals surface area contributed by atoms with Gasteiger partial charge in [0, 0.05) is 30.9 Å². The van der Waals surface area contributed by atoms with Gasteiger partial charge < -0.3 is 4.74 Å². The van der Waals surface area contributed by atoms with E-state index in [1.807, 2.05) is 20.8 Å². The fourth-order valence-electron chi connectivity index (χ4n) is 2.90. The minimum atomic E-state index is -4.39. The van der Waals surface area contributed by atoms with Gasteiger partial charge in [0.05, 0.1) is 22.9 Å². The van der Waals surface area contributed by atoms with E-state index in [0.717, 1.165) is 24.2 Å². The van der Waals surface area contributed by atoms with Gasteiger partial charge in [0.1, 0.15) is 5.75 Å². The Kier molecular flexibility index (Phi) is 6.43. The first-order chi connectivity index (χ1) is 12.6. The molecule has 0 aliphatic heterocycles. The molecule has 150 valence electrons. The summed E-state index contributed by atoms with van der Waals surface area (Å²) in [4.78, 5) is 4.06. The van der Waals surface area contributed by atoms with Crippen LogP contribution in [0.25, 0.3) is 11.3 Å². The molecule has 4 nitrogen and oxygen atoms in total. The average molecular weight is 391 g/mol. The van der Waals surface area contributed by atoms with Gasteiger partial charge in [-0.3, -0.25) is 9.67 Å².